The summed E-state index contributed by atoms with van der Waals surface area (Å²) in [4.78, 5) is 0. The van der Waals surface area contributed by atoms with Crippen LogP contribution in [0.4, 0.5) is 0 Å². The zero-order valence-electron chi connectivity index (χ0n) is 11.2. The van der Waals surface area contributed by atoms with Crippen LogP contribution in [0.2, 0.25) is 0 Å². The van der Waals surface area contributed by atoms with E-state index in [-0.39, 0.29) is 6.10 Å². The van der Waals surface area contributed by atoms with Crippen molar-refractivity contribution < 1.29 is 5.11 Å². The Kier molecular flexibility index (Phi) is 4.55. The van der Waals surface area contributed by atoms with E-state index in [1.54, 1.807) is 0 Å². The molecule has 1 N–H and O–H groups in total. The minimum atomic E-state index is -0.180. The van der Waals surface area contributed by atoms with Crippen LogP contribution in [0.5, 0.6) is 0 Å². The third-order valence-electron chi connectivity index (χ3n) is 3.43. The van der Waals surface area contributed by atoms with E-state index in [0.29, 0.717) is 5.92 Å². The highest BCUT2D eigenvalue weighted by Gasteiger charge is 2.10. The lowest BCUT2D eigenvalue weighted by Gasteiger charge is -2.16. The van der Waals surface area contributed by atoms with Gasteiger partial charge in [-0.25, -0.2) is 0 Å². The molecule has 1 heteroatoms. The average Bonchev–Trinajstić information content (AvgIpc) is 2.20. The Balaban J connectivity index is 2.71. The number of aliphatic hydroxyl groups excluding tert-OH is 1. The molecule has 1 unspecified atom stereocenters. The molecule has 0 aliphatic heterocycles. The molecule has 1 rings (SSSR count). The molecule has 1 atom stereocenters. The zero-order chi connectivity index (χ0) is 12.3. The average molecular weight is 220 g/mol. The SMILES string of the molecule is Cc1cc(C)c(CCC(O)C(C)C)cc1C. The number of aryl methyl sites for hydroxylation is 4. The van der Waals surface area contributed by atoms with E-state index in [4.69, 9.17) is 0 Å². The van der Waals surface area contributed by atoms with E-state index >= 15 is 0 Å². The molecule has 90 valence electrons. The van der Waals surface area contributed by atoms with Crippen LogP contribution in [0.1, 0.15) is 42.5 Å². The van der Waals surface area contributed by atoms with Crippen molar-refractivity contribution in [2.24, 2.45) is 5.92 Å². The Labute approximate surface area is 99.5 Å². The second kappa shape index (κ2) is 5.49. The van der Waals surface area contributed by atoms with E-state index in [0.717, 1.165) is 12.8 Å². The van der Waals surface area contributed by atoms with Gasteiger partial charge in [0.15, 0.2) is 0 Å². The van der Waals surface area contributed by atoms with Crippen molar-refractivity contribution in [1.29, 1.82) is 0 Å². The Bertz CT molecular complexity index is 353. The molecule has 1 aromatic carbocycles. The van der Waals surface area contributed by atoms with Crippen LogP contribution in [0, 0.1) is 26.7 Å². The molecule has 0 radical (unpaired) electrons. The summed E-state index contributed by atoms with van der Waals surface area (Å²) in [5.41, 5.74) is 5.42. The molecule has 0 aliphatic rings. The van der Waals surface area contributed by atoms with Gasteiger partial charge in [0.1, 0.15) is 0 Å². The van der Waals surface area contributed by atoms with E-state index < -0.39 is 0 Å². The lowest BCUT2D eigenvalue weighted by molar-refractivity contribution is 0.116. The van der Waals surface area contributed by atoms with E-state index in [1.807, 2.05) is 0 Å². The summed E-state index contributed by atoms with van der Waals surface area (Å²) in [6.07, 6.45) is 1.66. The van der Waals surface area contributed by atoms with Crippen molar-refractivity contribution in [3.8, 4) is 0 Å². The number of hydrogen-bond donors (Lipinski definition) is 1. The standard InChI is InChI=1S/C15H24O/c1-10(2)15(16)7-6-14-9-12(4)11(3)8-13(14)5/h8-10,15-16H,6-7H2,1-5H3. The van der Waals surface area contributed by atoms with Gasteiger partial charge in [0, 0.05) is 0 Å². The fraction of sp³-hybridized carbons (Fsp3) is 0.600. The van der Waals surface area contributed by atoms with Crippen LogP contribution in [0.15, 0.2) is 12.1 Å². The van der Waals surface area contributed by atoms with Gasteiger partial charge in [-0.05, 0) is 61.8 Å². The molecule has 0 saturated heterocycles. The maximum atomic E-state index is 9.80. The Morgan fingerprint density at radius 3 is 2.12 bits per heavy atom. The monoisotopic (exact) mass is 220 g/mol. The maximum absolute atomic E-state index is 9.80. The molecule has 0 heterocycles. The molecule has 1 nitrogen and oxygen atoms in total. The highest BCUT2D eigenvalue weighted by molar-refractivity contribution is 5.36. The molecule has 0 spiro atoms. The summed E-state index contributed by atoms with van der Waals surface area (Å²) < 4.78 is 0. The van der Waals surface area contributed by atoms with Gasteiger partial charge in [-0.2, -0.15) is 0 Å². The normalized spacial score (nSPS) is 13.2. The molecular weight excluding hydrogens is 196 g/mol. The molecule has 0 aliphatic carbocycles. The summed E-state index contributed by atoms with van der Waals surface area (Å²) in [6.45, 7) is 10.6. The Morgan fingerprint density at radius 2 is 1.56 bits per heavy atom. The first kappa shape index (κ1) is 13.2. The van der Waals surface area contributed by atoms with Gasteiger partial charge in [0.2, 0.25) is 0 Å². The molecule has 1 aromatic rings. The molecule has 0 amide bonds. The van der Waals surface area contributed by atoms with Crippen molar-refractivity contribution in [3.05, 3.63) is 34.4 Å². The number of aliphatic hydroxyl groups is 1. The van der Waals surface area contributed by atoms with Gasteiger partial charge in [0.05, 0.1) is 6.10 Å². The third kappa shape index (κ3) is 3.34. The lowest BCUT2D eigenvalue weighted by Crippen LogP contribution is -2.15. The molecule has 0 bridgehead atoms. The molecule has 0 saturated carbocycles. The summed E-state index contributed by atoms with van der Waals surface area (Å²) in [5.74, 6) is 0.354. The maximum Gasteiger partial charge on any atom is 0.0566 e. The second-order valence-electron chi connectivity index (χ2n) is 5.21. The Morgan fingerprint density at radius 1 is 1.00 bits per heavy atom. The molecule has 16 heavy (non-hydrogen) atoms. The van der Waals surface area contributed by atoms with Gasteiger partial charge < -0.3 is 5.11 Å². The van der Waals surface area contributed by atoms with Crippen LogP contribution < -0.4 is 0 Å². The fourth-order valence-electron chi connectivity index (χ4n) is 1.93. The summed E-state index contributed by atoms with van der Waals surface area (Å²) >= 11 is 0. The molecule has 0 fully saturated rings. The first-order chi connectivity index (χ1) is 7.41. The highest BCUT2D eigenvalue weighted by Crippen LogP contribution is 2.18. The summed E-state index contributed by atoms with van der Waals surface area (Å²) in [7, 11) is 0. The van der Waals surface area contributed by atoms with Gasteiger partial charge in [-0.15, -0.1) is 0 Å². The minimum Gasteiger partial charge on any atom is -0.393 e. The van der Waals surface area contributed by atoms with Crippen LogP contribution in [-0.2, 0) is 6.42 Å². The van der Waals surface area contributed by atoms with Crippen molar-refractivity contribution in [2.45, 2.75) is 53.6 Å². The van der Waals surface area contributed by atoms with Crippen LogP contribution >= 0.6 is 0 Å². The van der Waals surface area contributed by atoms with Gasteiger partial charge in [0.25, 0.3) is 0 Å². The molecule has 0 aromatic heterocycles. The number of rotatable bonds is 4. The smallest absolute Gasteiger partial charge is 0.0566 e. The molecular formula is C15H24O. The first-order valence-corrected chi connectivity index (χ1v) is 6.16. The van der Waals surface area contributed by atoms with E-state index in [2.05, 4.69) is 46.8 Å². The van der Waals surface area contributed by atoms with E-state index in [9.17, 15) is 5.11 Å². The number of hydrogen-bond acceptors (Lipinski definition) is 1. The van der Waals surface area contributed by atoms with Gasteiger partial charge in [-0.1, -0.05) is 26.0 Å². The van der Waals surface area contributed by atoms with Crippen molar-refractivity contribution in [2.75, 3.05) is 0 Å². The predicted molar refractivity (Wildman–Crippen MR) is 69.8 cm³/mol. The van der Waals surface area contributed by atoms with Crippen molar-refractivity contribution >= 4 is 0 Å². The Hall–Kier alpha value is -0.820. The van der Waals surface area contributed by atoms with Crippen LogP contribution in [-0.4, -0.2) is 11.2 Å². The van der Waals surface area contributed by atoms with E-state index in [1.165, 1.54) is 22.3 Å². The summed E-state index contributed by atoms with van der Waals surface area (Å²) in [6, 6.07) is 4.50. The zero-order valence-corrected chi connectivity index (χ0v) is 11.2. The fourth-order valence-corrected chi connectivity index (χ4v) is 1.93. The first-order valence-electron chi connectivity index (χ1n) is 6.16. The quantitative estimate of drug-likeness (QED) is 0.822. The lowest BCUT2D eigenvalue weighted by atomic mass is 9.94. The topological polar surface area (TPSA) is 20.2 Å². The van der Waals surface area contributed by atoms with Crippen LogP contribution in [0.25, 0.3) is 0 Å². The minimum absolute atomic E-state index is 0.180. The van der Waals surface area contributed by atoms with Gasteiger partial charge >= 0.3 is 0 Å². The van der Waals surface area contributed by atoms with Crippen molar-refractivity contribution in [1.82, 2.24) is 0 Å². The van der Waals surface area contributed by atoms with Gasteiger partial charge in [-0.3, -0.25) is 0 Å². The largest absolute Gasteiger partial charge is 0.393 e. The summed E-state index contributed by atoms with van der Waals surface area (Å²) in [5, 5.41) is 9.80. The highest BCUT2D eigenvalue weighted by atomic mass is 16.3. The van der Waals surface area contributed by atoms with Crippen molar-refractivity contribution in [3.63, 3.8) is 0 Å². The van der Waals surface area contributed by atoms with Crippen LogP contribution in [0.3, 0.4) is 0 Å². The second-order valence-corrected chi connectivity index (χ2v) is 5.21. The third-order valence-corrected chi connectivity index (χ3v) is 3.43. The predicted octanol–water partition coefficient (Wildman–Crippen LogP) is 3.56. The number of benzene rings is 1.